The van der Waals surface area contributed by atoms with Gasteiger partial charge in [0, 0.05) is 22.9 Å². The third kappa shape index (κ3) is 4.17. The molecule has 0 bridgehead atoms. The molecule has 0 unspecified atom stereocenters. The van der Waals surface area contributed by atoms with Crippen molar-refractivity contribution in [2.75, 3.05) is 5.32 Å². The maximum absolute atomic E-state index is 12.0. The molecule has 1 heterocycles. The number of nitro benzene ring substituents is 1. The molecule has 1 aliphatic heterocycles. The first-order valence-corrected chi connectivity index (χ1v) is 13.6. The molecular formula is C24H22ClN3O4S2. The molecule has 7 nitrogen and oxygen atoms in total. The lowest BCUT2D eigenvalue weighted by atomic mass is 9.77. The zero-order chi connectivity index (χ0) is 24.0. The predicted octanol–water partition coefficient (Wildman–Crippen LogP) is 5.28. The van der Waals surface area contributed by atoms with Gasteiger partial charge in [0.15, 0.2) is 0 Å². The topological polar surface area (TPSA) is 115 Å². The second kappa shape index (κ2) is 8.88. The first-order chi connectivity index (χ1) is 16.2. The van der Waals surface area contributed by atoms with Crippen molar-refractivity contribution in [2.45, 2.75) is 38.8 Å². The zero-order valence-corrected chi connectivity index (χ0v) is 20.3. The lowest BCUT2D eigenvalue weighted by molar-refractivity contribution is -0.387. The fourth-order valence-corrected chi connectivity index (χ4v) is 7.63. The van der Waals surface area contributed by atoms with Crippen LogP contribution in [0, 0.1) is 16.0 Å². The number of rotatable bonds is 5. The summed E-state index contributed by atoms with van der Waals surface area (Å²) in [5.74, 6) is -0.0847. The summed E-state index contributed by atoms with van der Waals surface area (Å²) in [7, 11) is -3.88. The molecule has 5 atom stereocenters. The molecule has 34 heavy (non-hydrogen) atoms. The highest BCUT2D eigenvalue weighted by molar-refractivity contribution is 8.00. The standard InChI is InChI=1S/C24H22ClN3O4S2/c25-23-21(33-20-9-5-4-8-19(20)28(29)30)13-17-22(23)16-12-15(34(26,31)32)10-11-18(16)27-24(17)14-6-2-1-3-7-14/h1-12,17,21-24,27H,13H2,(H2,26,31,32)/t17-,21+,22-,23+,24+/m1/s1. The number of primary sulfonamides is 1. The molecule has 1 aliphatic carbocycles. The van der Waals surface area contributed by atoms with Crippen LogP contribution >= 0.6 is 23.4 Å². The van der Waals surface area contributed by atoms with Gasteiger partial charge < -0.3 is 5.32 Å². The van der Waals surface area contributed by atoms with E-state index in [-0.39, 0.29) is 44.0 Å². The summed E-state index contributed by atoms with van der Waals surface area (Å²) < 4.78 is 24.1. The van der Waals surface area contributed by atoms with Crippen LogP contribution in [0.2, 0.25) is 0 Å². The summed E-state index contributed by atoms with van der Waals surface area (Å²) in [5.41, 5.74) is 2.80. The lowest BCUT2D eigenvalue weighted by Gasteiger charge is -2.38. The number of nitrogens with zero attached hydrogens (tertiary/aromatic N) is 1. The molecule has 5 rings (SSSR count). The van der Waals surface area contributed by atoms with E-state index in [4.69, 9.17) is 16.7 Å². The Morgan fingerprint density at radius 2 is 1.76 bits per heavy atom. The largest absolute Gasteiger partial charge is 0.378 e. The smallest absolute Gasteiger partial charge is 0.282 e. The molecule has 0 amide bonds. The van der Waals surface area contributed by atoms with Crippen LogP contribution in [-0.4, -0.2) is 24.0 Å². The maximum Gasteiger partial charge on any atom is 0.282 e. The highest BCUT2D eigenvalue weighted by atomic mass is 35.5. The van der Waals surface area contributed by atoms with Crippen LogP contribution in [0.25, 0.3) is 0 Å². The molecule has 0 radical (unpaired) electrons. The summed E-state index contributed by atoms with van der Waals surface area (Å²) >= 11 is 8.50. The Kier molecular flexibility index (Phi) is 6.05. The average molecular weight is 516 g/mol. The van der Waals surface area contributed by atoms with E-state index in [9.17, 15) is 18.5 Å². The Bertz CT molecular complexity index is 1350. The van der Waals surface area contributed by atoms with E-state index < -0.39 is 10.0 Å². The van der Waals surface area contributed by atoms with Gasteiger partial charge in [-0.15, -0.1) is 23.4 Å². The molecule has 0 spiro atoms. The van der Waals surface area contributed by atoms with Crippen LogP contribution in [0.15, 0.2) is 82.6 Å². The van der Waals surface area contributed by atoms with Crippen molar-refractivity contribution in [3.05, 3.63) is 94.0 Å². The molecule has 1 saturated carbocycles. The van der Waals surface area contributed by atoms with E-state index in [0.717, 1.165) is 16.8 Å². The Morgan fingerprint density at radius 3 is 2.47 bits per heavy atom. The van der Waals surface area contributed by atoms with Gasteiger partial charge in [-0.3, -0.25) is 10.1 Å². The molecule has 3 N–H and O–H groups in total. The number of halogens is 1. The monoisotopic (exact) mass is 515 g/mol. The molecular weight excluding hydrogens is 494 g/mol. The first kappa shape index (κ1) is 23.2. The second-order valence-corrected chi connectivity index (χ2v) is 11.9. The third-order valence-corrected chi connectivity index (χ3v) is 9.64. The minimum Gasteiger partial charge on any atom is -0.378 e. The molecule has 0 saturated heterocycles. The number of thioether (sulfide) groups is 1. The third-order valence-electron chi connectivity index (χ3n) is 6.61. The molecule has 0 aromatic heterocycles. The van der Waals surface area contributed by atoms with E-state index in [1.165, 1.54) is 23.9 Å². The number of alkyl halides is 1. The molecule has 3 aromatic rings. The van der Waals surface area contributed by atoms with Crippen molar-refractivity contribution in [1.82, 2.24) is 0 Å². The lowest BCUT2D eigenvalue weighted by Crippen LogP contribution is -2.31. The van der Waals surface area contributed by atoms with E-state index in [2.05, 4.69) is 17.4 Å². The number of nitrogens with two attached hydrogens (primary N) is 1. The van der Waals surface area contributed by atoms with Crippen LogP contribution in [0.4, 0.5) is 11.4 Å². The fourth-order valence-electron chi connectivity index (χ4n) is 5.13. The number of hydrogen-bond acceptors (Lipinski definition) is 6. The summed E-state index contributed by atoms with van der Waals surface area (Å²) in [5, 5.41) is 20.1. The summed E-state index contributed by atoms with van der Waals surface area (Å²) in [6, 6.07) is 21.5. The van der Waals surface area contributed by atoms with Gasteiger partial charge in [0.2, 0.25) is 10.0 Å². The molecule has 176 valence electrons. The van der Waals surface area contributed by atoms with Gasteiger partial charge >= 0.3 is 0 Å². The normalized spacial score (nSPS) is 25.8. The van der Waals surface area contributed by atoms with E-state index >= 15 is 0 Å². The Hall–Kier alpha value is -2.59. The van der Waals surface area contributed by atoms with Crippen molar-refractivity contribution in [3.8, 4) is 0 Å². The van der Waals surface area contributed by atoms with Crippen molar-refractivity contribution in [1.29, 1.82) is 0 Å². The SMILES string of the molecule is NS(=O)(=O)c1ccc2c(c1)[C@H]1[C@@H](Cl)[C@@H](Sc3ccccc3[N+](=O)[O-])C[C@H]1[C@H](c1ccccc1)N2. The molecule has 3 aromatic carbocycles. The van der Waals surface area contributed by atoms with Gasteiger partial charge in [-0.2, -0.15) is 0 Å². The van der Waals surface area contributed by atoms with Gasteiger partial charge in [-0.1, -0.05) is 42.5 Å². The van der Waals surface area contributed by atoms with Crippen LogP contribution in [0.5, 0.6) is 0 Å². The Balaban J connectivity index is 1.57. The quantitative estimate of drug-likeness (QED) is 0.271. The number of fused-ring (bicyclic) bond motifs is 3. The number of benzene rings is 3. The van der Waals surface area contributed by atoms with E-state index in [1.54, 1.807) is 30.3 Å². The fraction of sp³-hybridized carbons (Fsp3) is 0.250. The van der Waals surface area contributed by atoms with E-state index in [0.29, 0.717) is 11.3 Å². The predicted molar refractivity (Wildman–Crippen MR) is 134 cm³/mol. The van der Waals surface area contributed by atoms with Crippen LogP contribution in [0.1, 0.15) is 29.5 Å². The summed E-state index contributed by atoms with van der Waals surface area (Å²) in [6.07, 6.45) is 0.709. The number of hydrogen-bond donors (Lipinski definition) is 2. The van der Waals surface area contributed by atoms with Crippen molar-refractivity contribution >= 4 is 44.8 Å². The summed E-state index contributed by atoms with van der Waals surface area (Å²) in [6.45, 7) is 0. The number of nitro groups is 1. The second-order valence-electron chi connectivity index (χ2n) is 8.58. The van der Waals surface area contributed by atoms with Crippen molar-refractivity contribution in [3.63, 3.8) is 0 Å². The Labute approximate surface area is 206 Å². The van der Waals surface area contributed by atoms with E-state index in [1.807, 2.05) is 18.2 Å². The molecule has 1 fully saturated rings. The highest BCUT2D eigenvalue weighted by Gasteiger charge is 2.50. The van der Waals surface area contributed by atoms with Gasteiger partial charge in [-0.25, -0.2) is 13.6 Å². The number of para-hydroxylation sites is 1. The maximum atomic E-state index is 12.0. The average Bonchev–Trinajstić information content (AvgIpc) is 3.14. The van der Waals surface area contributed by atoms with Crippen molar-refractivity contribution < 1.29 is 13.3 Å². The minimum atomic E-state index is -3.88. The molecule has 10 heteroatoms. The summed E-state index contributed by atoms with van der Waals surface area (Å²) in [4.78, 5) is 11.8. The molecule has 2 aliphatic rings. The number of anilines is 1. The first-order valence-electron chi connectivity index (χ1n) is 10.8. The van der Waals surface area contributed by atoms with Gasteiger partial charge in [-0.05, 0) is 47.7 Å². The minimum absolute atomic E-state index is 0.0309. The van der Waals surface area contributed by atoms with Crippen LogP contribution in [0.3, 0.4) is 0 Å². The van der Waals surface area contributed by atoms with Crippen LogP contribution in [-0.2, 0) is 10.0 Å². The number of sulfonamides is 1. The number of nitrogens with one attached hydrogen (secondary N) is 1. The van der Waals surface area contributed by atoms with Crippen LogP contribution < -0.4 is 10.5 Å². The highest BCUT2D eigenvalue weighted by Crippen LogP contribution is 2.58. The van der Waals surface area contributed by atoms with Gasteiger partial charge in [0.25, 0.3) is 5.69 Å². The Morgan fingerprint density at radius 1 is 1.06 bits per heavy atom. The van der Waals surface area contributed by atoms with Crippen molar-refractivity contribution in [2.24, 2.45) is 11.1 Å². The van der Waals surface area contributed by atoms with Gasteiger partial charge in [0.05, 0.1) is 26.1 Å². The van der Waals surface area contributed by atoms with Gasteiger partial charge in [0.1, 0.15) is 0 Å². The zero-order valence-electron chi connectivity index (χ0n) is 17.9.